The zero-order valence-electron chi connectivity index (χ0n) is 10.8. The fourth-order valence-corrected chi connectivity index (χ4v) is 4.12. The Balaban J connectivity index is 2.34. The van der Waals surface area contributed by atoms with Crippen LogP contribution in [0, 0.1) is 6.92 Å². The van der Waals surface area contributed by atoms with Gasteiger partial charge in [0, 0.05) is 13.8 Å². The molecule has 2 aromatic carbocycles. The van der Waals surface area contributed by atoms with E-state index in [4.69, 9.17) is 0 Å². The normalized spacial score (nSPS) is 14.2. The number of hydrogen-bond donors (Lipinski definition) is 0. The lowest BCUT2D eigenvalue weighted by Crippen LogP contribution is -2.03. The molecule has 0 heterocycles. The van der Waals surface area contributed by atoms with Gasteiger partial charge in [0.25, 0.3) is 0 Å². The lowest BCUT2D eigenvalue weighted by Gasteiger charge is -2.21. The fourth-order valence-electron chi connectivity index (χ4n) is 2.07. The van der Waals surface area contributed by atoms with Crippen molar-refractivity contribution in [2.75, 3.05) is 0 Å². The van der Waals surface area contributed by atoms with E-state index in [-0.39, 0.29) is 4.83 Å². The summed E-state index contributed by atoms with van der Waals surface area (Å²) in [5.74, 6) is 0.409. The van der Waals surface area contributed by atoms with Gasteiger partial charge in [-0.2, -0.15) is 0 Å². The van der Waals surface area contributed by atoms with Gasteiger partial charge in [-0.05, 0) is 41.7 Å². The molecule has 0 spiro atoms. The molecular weight excluding hydrogens is 432 g/mol. The summed E-state index contributed by atoms with van der Waals surface area (Å²) in [7, 11) is 0. The molecule has 0 radical (unpaired) electrons. The predicted octanol–water partition coefficient (Wildman–Crippen LogP) is 6.76. The molecule has 0 bridgehead atoms. The summed E-state index contributed by atoms with van der Waals surface area (Å²) in [6.07, 6.45) is 0. The molecule has 2 unspecified atom stereocenters. The maximum absolute atomic E-state index is 3.85. The van der Waals surface area contributed by atoms with Gasteiger partial charge in [0.2, 0.25) is 0 Å². The summed E-state index contributed by atoms with van der Waals surface area (Å²) in [5.41, 5.74) is 3.85. The first-order chi connectivity index (χ1) is 9.00. The van der Waals surface area contributed by atoms with E-state index in [1.54, 1.807) is 0 Å². The largest absolute Gasteiger partial charge is 0.0832 e. The summed E-state index contributed by atoms with van der Waals surface area (Å²) in [6, 6.07) is 14.9. The highest BCUT2D eigenvalue weighted by Crippen LogP contribution is 2.42. The lowest BCUT2D eigenvalue weighted by molar-refractivity contribution is 0.749. The molecule has 2 rings (SSSR count). The molecule has 0 amide bonds. The maximum Gasteiger partial charge on any atom is 0.0472 e. The zero-order chi connectivity index (χ0) is 14.0. The molecular formula is C16H15Br3. The highest BCUT2D eigenvalue weighted by molar-refractivity contribution is 9.11. The first kappa shape index (κ1) is 15.3. The van der Waals surface area contributed by atoms with Crippen LogP contribution in [0.1, 0.15) is 34.4 Å². The molecule has 0 nitrogen and oxygen atoms in total. The highest BCUT2D eigenvalue weighted by atomic mass is 79.9. The zero-order valence-corrected chi connectivity index (χ0v) is 15.6. The lowest BCUT2D eigenvalue weighted by atomic mass is 9.93. The van der Waals surface area contributed by atoms with Crippen molar-refractivity contribution in [3.63, 3.8) is 0 Å². The quantitative estimate of drug-likeness (QED) is 0.457. The first-order valence-electron chi connectivity index (χ1n) is 6.15. The average Bonchev–Trinajstić information content (AvgIpc) is 2.42. The average molecular weight is 447 g/mol. The summed E-state index contributed by atoms with van der Waals surface area (Å²) < 4.78 is 2.30. The van der Waals surface area contributed by atoms with Crippen molar-refractivity contribution in [1.82, 2.24) is 0 Å². The third-order valence-electron chi connectivity index (χ3n) is 3.34. The first-order valence-corrected chi connectivity index (χ1v) is 8.65. The van der Waals surface area contributed by atoms with Crippen LogP contribution in [0.25, 0.3) is 0 Å². The summed E-state index contributed by atoms with van der Waals surface area (Å²) in [6.45, 7) is 4.34. The second-order valence-electron chi connectivity index (χ2n) is 4.72. The van der Waals surface area contributed by atoms with Crippen molar-refractivity contribution in [3.05, 3.63) is 68.1 Å². The number of rotatable bonds is 3. The molecule has 0 fully saturated rings. The van der Waals surface area contributed by atoms with Crippen LogP contribution in [-0.2, 0) is 0 Å². The molecule has 0 aromatic heterocycles. The Kier molecular flexibility index (Phi) is 5.27. The van der Waals surface area contributed by atoms with Crippen molar-refractivity contribution >= 4 is 47.8 Å². The van der Waals surface area contributed by atoms with Crippen LogP contribution in [-0.4, -0.2) is 0 Å². The third-order valence-corrected chi connectivity index (χ3v) is 6.17. The topological polar surface area (TPSA) is 0 Å². The minimum atomic E-state index is 0.279. The fraction of sp³-hybridized carbons (Fsp3) is 0.250. The molecule has 2 aromatic rings. The van der Waals surface area contributed by atoms with Crippen LogP contribution in [0.5, 0.6) is 0 Å². The van der Waals surface area contributed by atoms with Gasteiger partial charge in [0.15, 0.2) is 0 Å². The van der Waals surface area contributed by atoms with Crippen LogP contribution in [0.15, 0.2) is 51.4 Å². The molecule has 0 saturated heterocycles. The second kappa shape index (κ2) is 6.55. The standard InChI is InChI=1S/C16H15Br3/c1-10-8-15(18)13(9-14(10)17)16(19)11(2)12-6-4-3-5-7-12/h3-9,11,16H,1-2H3. The Morgan fingerprint density at radius 3 is 2.21 bits per heavy atom. The molecule has 100 valence electrons. The monoisotopic (exact) mass is 444 g/mol. The van der Waals surface area contributed by atoms with E-state index in [1.165, 1.54) is 16.7 Å². The SMILES string of the molecule is Cc1cc(Br)c(C(Br)C(C)c2ccccc2)cc1Br. The Morgan fingerprint density at radius 2 is 1.58 bits per heavy atom. The second-order valence-corrected chi connectivity index (χ2v) is 7.42. The Labute approximate surface area is 140 Å². The van der Waals surface area contributed by atoms with Gasteiger partial charge in [-0.25, -0.2) is 0 Å². The highest BCUT2D eigenvalue weighted by Gasteiger charge is 2.20. The minimum absolute atomic E-state index is 0.279. The third kappa shape index (κ3) is 3.50. The van der Waals surface area contributed by atoms with E-state index < -0.39 is 0 Å². The van der Waals surface area contributed by atoms with Gasteiger partial charge in [-0.1, -0.05) is 85.0 Å². The van der Waals surface area contributed by atoms with E-state index in [9.17, 15) is 0 Å². The van der Waals surface area contributed by atoms with Gasteiger partial charge in [0.05, 0.1) is 0 Å². The van der Waals surface area contributed by atoms with Crippen molar-refractivity contribution in [2.45, 2.75) is 24.6 Å². The molecule has 3 heteroatoms. The van der Waals surface area contributed by atoms with Gasteiger partial charge in [-0.15, -0.1) is 0 Å². The Bertz CT molecular complexity index is 564. The number of halogens is 3. The van der Waals surface area contributed by atoms with Crippen LogP contribution in [0.3, 0.4) is 0 Å². The summed E-state index contributed by atoms with van der Waals surface area (Å²) >= 11 is 11.1. The van der Waals surface area contributed by atoms with E-state index in [0.717, 1.165) is 8.95 Å². The number of alkyl halides is 1. The molecule has 0 aliphatic heterocycles. The Morgan fingerprint density at radius 1 is 0.947 bits per heavy atom. The van der Waals surface area contributed by atoms with Gasteiger partial charge < -0.3 is 0 Å². The molecule has 0 saturated carbocycles. The maximum atomic E-state index is 3.85. The van der Waals surface area contributed by atoms with Crippen molar-refractivity contribution in [1.29, 1.82) is 0 Å². The van der Waals surface area contributed by atoms with Gasteiger partial charge in [0.1, 0.15) is 0 Å². The van der Waals surface area contributed by atoms with Gasteiger partial charge in [-0.3, -0.25) is 0 Å². The van der Waals surface area contributed by atoms with Crippen LogP contribution < -0.4 is 0 Å². The van der Waals surface area contributed by atoms with E-state index in [1.807, 2.05) is 0 Å². The Hall–Kier alpha value is -0.120. The number of hydrogen-bond acceptors (Lipinski definition) is 0. The smallest absolute Gasteiger partial charge is 0.0472 e. The molecule has 0 aliphatic carbocycles. The van der Waals surface area contributed by atoms with Crippen molar-refractivity contribution < 1.29 is 0 Å². The van der Waals surface area contributed by atoms with E-state index >= 15 is 0 Å². The number of aryl methyl sites for hydroxylation is 1. The van der Waals surface area contributed by atoms with Crippen molar-refractivity contribution in [3.8, 4) is 0 Å². The van der Waals surface area contributed by atoms with Crippen LogP contribution in [0.4, 0.5) is 0 Å². The van der Waals surface area contributed by atoms with Crippen LogP contribution in [0.2, 0.25) is 0 Å². The predicted molar refractivity (Wildman–Crippen MR) is 93.1 cm³/mol. The van der Waals surface area contributed by atoms with E-state index in [0.29, 0.717) is 5.92 Å². The van der Waals surface area contributed by atoms with Gasteiger partial charge >= 0.3 is 0 Å². The molecule has 2 atom stereocenters. The minimum Gasteiger partial charge on any atom is -0.0832 e. The number of benzene rings is 2. The van der Waals surface area contributed by atoms with Crippen LogP contribution >= 0.6 is 47.8 Å². The summed E-state index contributed by atoms with van der Waals surface area (Å²) in [5, 5.41) is 0. The van der Waals surface area contributed by atoms with E-state index in [2.05, 4.69) is 104 Å². The van der Waals surface area contributed by atoms with Crippen molar-refractivity contribution in [2.24, 2.45) is 0 Å². The molecule has 19 heavy (non-hydrogen) atoms. The molecule has 0 N–H and O–H groups in total. The summed E-state index contributed by atoms with van der Waals surface area (Å²) in [4.78, 5) is 0.279. The molecule has 0 aliphatic rings.